The Labute approximate surface area is 154 Å². The van der Waals surface area contributed by atoms with E-state index in [1.807, 2.05) is 0 Å². The number of aliphatic carboxylic acids is 1. The lowest BCUT2D eigenvalue weighted by atomic mass is 9.61. The highest BCUT2D eigenvalue weighted by atomic mass is 16.4. The lowest BCUT2D eigenvalue weighted by Gasteiger charge is -2.42. The van der Waals surface area contributed by atoms with Gasteiger partial charge in [-0.1, -0.05) is 50.2 Å². The third-order valence-electron chi connectivity index (χ3n) is 6.98. The Kier molecular flexibility index (Phi) is 4.13. The summed E-state index contributed by atoms with van der Waals surface area (Å²) < 4.78 is 0. The lowest BCUT2D eigenvalue weighted by molar-refractivity contribution is -0.139. The van der Waals surface area contributed by atoms with Crippen LogP contribution < -0.4 is 0 Å². The Morgan fingerprint density at radius 3 is 2.69 bits per heavy atom. The minimum absolute atomic E-state index is 0.0218. The summed E-state index contributed by atoms with van der Waals surface area (Å²) in [6.45, 7) is 4.44. The maximum absolute atomic E-state index is 12.9. The maximum Gasteiger partial charge on any atom is 0.303 e. The van der Waals surface area contributed by atoms with E-state index in [-0.39, 0.29) is 30.0 Å². The molecule has 0 unspecified atom stereocenters. The van der Waals surface area contributed by atoms with Gasteiger partial charge in [-0.15, -0.1) is 0 Å². The fourth-order valence-electron chi connectivity index (χ4n) is 5.88. The fraction of sp³-hybridized carbons (Fsp3) is 0.478. The molecule has 4 rings (SSSR count). The van der Waals surface area contributed by atoms with Gasteiger partial charge in [-0.3, -0.25) is 9.59 Å². The summed E-state index contributed by atoms with van der Waals surface area (Å²) >= 11 is 0. The number of benzene rings is 2. The van der Waals surface area contributed by atoms with Crippen LogP contribution in [-0.4, -0.2) is 16.9 Å². The van der Waals surface area contributed by atoms with Gasteiger partial charge < -0.3 is 5.11 Å². The molecular weight excluding hydrogens is 324 g/mol. The number of rotatable bonds is 4. The van der Waals surface area contributed by atoms with Crippen LogP contribution in [-0.2, 0) is 16.0 Å². The monoisotopic (exact) mass is 350 g/mol. The highest BCUT2D eigenvalue weighted by molar-refractivity contribution is 5.88. The Morgan fingerprint density at radius 1 is 1.15 bits per heavy atom. The topological polar surface area (TPSA) is 54.4 Å². The fourth-order valence-corrected chi connectivity index (χ4v) is 5.88. The number of hydrogen-bond acceptors (Lipinski definition) is 2. The molecule has 0 amide bonds. The second-order valence-electron chi connectivity index (χ2n) is 8.46. The SMILES string of the molecule is C[C@@H]1C[C@H]2c3ccc4ccccc4c3CC[C@]2(C)[C@H]1C(=O)CCC(=O)O. The molecule has 1 fully saturated rings. The van der Waals surface area contributed by atoms with Crippen molar-refractivity contribution in [3.63, 3.8) is 0 Å². The molecule has 3 nitrogen and oxygen atoms in total. The van der Waals surface area contributed by atoms with E-state index in [4.69, 9.17) is 5.11 Å². The molecule has 1 saturated carbocycles. The normalized spacial score (nSPS) is 30.0. The van der Waals surface area contributed by atoms with Crippen LogP contribution in [0.2, 0.25) is 0 Å². The summed E-state index contributed by atoms with van der Waals surface area (Å²) in [7, 11) is 0. The molecule has 1 N–H and O–H groups in total. The van der Waals surface area contributed by atoms with Gasteiger partial charge in [0, 0.05) is 12.3 Å². The van der Waals surface area contributed by atoms with E-state index in [1.165, 1.54) is 21.9 Å². The zero-order chi connectivity index (χ0) is 18.5. The predicted molar refractivity (Wildman–Crippen MR) is 102 cm³/mol. The molecule has 0 saturated heterocycles. The summed E-state index contributed by atoms with van der Waals surface area (Å²) in [5, 5.41) is 11.6. The van der Waals surface area contributed by atoms with Gasteiger partial charge in [0.1, 0.15) is 5.78 Å². The van der Waals surface area contributed by atoms with Gasteiger partial charge in [0.05, 0.1) is 6.42 Å². The van der Waals surface area contributed by atoms with E-state index in [1.54, 1.807) is 0 Å². The van der Waals surface area contributed by atoms with E-state index in [0.717, 1.165) is 19.3 Å². The number of carboxylic acid groups (broad SMARTS) is 1. The van der Waals surface area contributed by atoms with Gasteiger partial charge in [-0.05, 0) is 58.4 Å². The largest absolute Gasteiger partial charge is 0.481 e. The third-order valence-corrected chi connectivity index (χ3v) is 6.98. The lowest BCUT2D eigenvalue weighted by Crippen LogP contribution is -2.37. The molecule has 0 aliphatic heterocycles. The first-order chi connectivity index (χ1) is 12.4. The Morgan fingerprint density at radius 2 is 1.92 bits per heavy atom. The van der Waals surface area contributed by atoms with Crippen LogP contribution in [0.25, 0.3) is 10.8 Å². The number of carbonyl (C=O) groups excluding carboxylic acids is 1. The van der Waals surface area contributed by atoms with Gasteiger partial charge >= 0.3 is 5.97 Å². The van der Waals surface area contributed by atoms with Crippen LogP contribution in [0.1, 0.15) is 56.6 Å². The van der Waals surface area contributed by atoms with Gasteiger partial charge in [0.2, 0.25) is 0 Å². The van der Waals surface area contributed by atoms with Crippen molar-refractivity contribution < 1.29 is 14.7 Å². The molecule has 0 radical (unpaired) electrons. The molecule has 3 heteroatoms. The van der Waals surface area contributed by atoms with Crippen LogP contribution in [0.5, 0.6) is 0 Å². The quantitative estimate of drug-likeness (QED) is 0.847. The molecule has 2 aromatic rings. The number of Topliss-reactive ketones (excluding diaryl/α,β-unsaturated/α-hetero) is 1. The van der Waals surface area contributed by atoms with Crippen molar-refractivity contribution in [2.75, 3.05) is 0 Å². The highest BCUT2D eigenvalue weighted by Crippen LogP contribution is 2.61. The zero-order valence-electron chi connectivity index (χ0n) is 15.5. The summed E-state index contributed by atoms with van der Waals surface area (Å²) in [6, 6.07) is 13.0. The molecular formula is C23H26O3. The molecule has 0 aromatic heterocycles. The van der Waals surface area contributed by atoms with Gasteiger partial charge in [-0.2, -0.15) is 0 Å². The molecule has 26 heavy (non-hydrogen) atoms. The number of hydrogen-bond donors (Lipinski definition) is 1. The third kappa shape index (κ3) is 2.56. The van der Waals surface area contributed by atoms with Crippen LogP contribution >= 0.6 is 0 Å². The van der Waals surface area contributed by atoms with E-state index in [9.17, 15) is 9.59 Å². The van der Waals surface area contributed by atoms with Crippen molar-refractivity contribution >= 4 is 22.5 Å². The summed E-state index contributed by atoms with van der Waals surface area (Å²) in [6.07, 6.45) is 3.14. The maximum atomic E-state index is 12.9. The van der Waals surface area contributed by atoms with E-state index < -0.39 is 5.97 Å². The summed E-state index contributed by atoms with van der Waals surface area (Å²) in [4.78, 5) is 23.8. The van der Waals surface area contributed by atoms with Crippen molar-refractivity contribution in [1.82, 2.24) is 0 Å². The average molecular weight is 350 g/mol. The minimum atomic E-state index is -0.883. The number of ketones is 1. The van der Waals surface area contributed by atoms with Gasteiger partial charge in [-0.25, -0.2) is 0 Å². The van der Waals surface area contributed by atoms with Crippen molar-refractivity contribution in [3.05, 3.63) is 47.5 Å². The molecule has 0 spiro atoms. The van der Waals surface area contributed by atoms with E-state index in [2.05, 4.69) is 50.2 Å². The van der Waals surface area contributed by atoms with Crippen LogP contribution in [0.15, 0.2) is 36.4 Å². The highest BCUT2D eigenvalue weighted by Gasteiger charge is 2.55. The Hall–Kier alpha value is -2.16. The summed E-state index contributed by atoms with van der Waals surface area (Å²) in [5.41, 5.74) is 2.82. The average Bonchev–Trinajstić information content (AvgIpc) is 2.89. The second-order valence-corrected chi connectivity index (χ2v) is 8.46. The van der Waals surface area contributed by atoms with Gasteiger partial charge in [0.15, 0.2) is 0 Å². The predicted octanol–water partition coefficient (Wildman–Crippen LogP) is 4.97. The van der Waals surface area contributed by atoms with E-state index >= 15 is 0 Å². The summed E-state index contributed by atoms with van der Waals surface area (Å²) in [5.74, 6) is -0.0554. The van der Waals surface area contributed by atoms with Crippen LogP contribution in [0.4, 0.5) is 0 Å². The van der Waals surface area contributed by atoms with Crippen molar-refractivity contribution in [2.45, 2.75) is 51.9 Å². The standard InChI is InChI=1S/C23H26O3/c1-14-13-19-18-8-7-15-5-3-4-6-16(15)17(18)11-12-23(19,2)22(14)20(24)9-10-21(25)26/h3-8,14,19,22H,9-13H2,1-2H3,(H,25,26)/t14-,19+,22-,23+/m1/s1. The van der Waals surface area contributed by atoms with Gasteiger partial charge in [0.25, 0.3) is 0 Å². The smallest absolute Gasteiger partial charge is 0.303 e. The first-order valence-electron chi connectivity index (χ1n) is 9.67. The Bertz CT molecular complexity index is 884. The van der Waals surface area contributed by atoms with Crippen LogP contribution in [0, 0.1) is 17.3 Å². The minimum Gasteiger partial charge on any atom is -0.481 e. The first-order valence-corrected chi connectivity index (χ1v) is 9.67. The number of carbonyl (C=O) groups is 2. The molecule has 2 aromatic carbocycles. The van der Waals surface area contributed by atoms with Crippen molar-refractivity contribution in [3.8, 4) is 0 Å². The molecule has 4 atom stereocenters. The Balaban J connectivity index is 1.72. The molecule has 2 aliphatic rings. The molecule has 0 heterocycles. The molecule has 0 bridgehead atoms. The first kappa shape index (κ1) is 17.3. The zero-order valence-corrected chi connectivity index (χ0v) is 15.5. The van der Waals surface area contributed by atoms with Crippen molar-refractivity contribution in [2.24, 2.45) is 17.3 Å². The second kappa shape index (κ2) is 6.22. The number of carboxylic acids is 1. The molecule has 2 aliphatic carbocycles. The van der Waals surface area contributed by atoms with Crippen LogP contribution in [0.3, 0.4) is 0 Å². The van der Waals surface area contributed by atoms with Crippen molar-refractivity contribution in [1.29, 1.82) is 0 Å². The number of fused-ring (bicyclic) bond motifs is 5. The number of aryl methyl sites for hydroxylation is 1. The van der Waals surface area contributed by atoms with E-state index in [0.29, 0.717) is 11.8 Å². The molecule has 136 valence electrons.